The molecule has 0 radical (unpaired) electrons. The maximum Gasteiger partial charge on any atom is 0.328 e. The van der Waals surface area contributed by atoms with Gasteiger partial charge in [-0.1, -0.05) is 43.2 Å². The Hall–Kier alpha value is -3.40. The van der Waals surface area contributed by atoms with Crippen LogP contribution in [-0.2, 0) is 23.0 Å². The minimum Gasteiger partial charge on any atom is -0.337 e. The number of nitrogens with one attached hydrogen (secondary N) is 3. The zero-order chi connectivity index (χ0) is 24.1. The Morgan fingerprint density at radius 3 is 2.38 bits per heavy atom. The van der Waals surface area contributed by atoms with Gasteiger partial charge < -0.3 is 10.6 Å². The van der Waals surface area contributed by atoms with Crippen LogP contribution in [0.2, 0.25) is 0 Å². The predicted molar refractivity (Wildman–Crippen MR) is 126 cm³/mol. The summed E-state index contributed by atoms with van der Waals surface area (Å²) < 4.78 is 27.0. The van der Waals surface area contributed by atoms with Gasteiger partial charge in [-0.2, -0.15) is 0 Å². The molecule has 4 rings (SSSR count). The van der Waals surface area contributed by atoms with Crippen molar-refractivity contribution in [3.63, 3.8) is 0 Å². The van der Waals surface area contributed by atoms with E-state index < -0.39 is 22.1 Å². The molecule has 2 aromatic carbocycles. The molecular formula is C24H28N4O5S. The third kappa shape index (κ3) is 5.56. The smallest absolute Gasteiger partial charge is 0.328 e. The second-order valence-electron chi connectivity index (χ2n) is 8.64. The van der Waals surface area contributed by atoms with Gasteiger partial charge >= 0.3 is 12.1 Å². The Morgan fingerprint density at radius 2 is 1.68 bits per heavy atom. The topological polar surface area (TPSA) is 125 Å². The first-order valence-electron chi connectivity index (χ1n) is 11.4. The molecule has 0 atom stereocenters. The summed E-state index contributed by atoms with van der Waals surface area (Å²) >= 11 is 0. The molecule has 2 aromatic rings. The Bertz CT molecular complexity index is 1170. The average Bonchev–Trinajstić information content (AvgIpc) is 3.46. The average molecular weight is 485 g/mol. The lowest BCUT2D eigenvalue weighted by atomic mass is 10.1. The van der Waals surface area contributed by atoms with Crippen LogP contribution in [0.4, 0.5) is 9.59 Å². The van der Waals surface area contributed by atoms with Crippen LogP contribution in [-0.4, -0.2) is 44.4 Å². The van der Waals surface area contributed by atoms with E-state index in [-0.39, 0.29) is 23.9 Å². The van der Waals surface area contributed by atoms with Crippen molar-refractivity contribution >= 4 is 28.0 Å². The fraction of sp³-hybridized carbons (Fsp3) is 0.375. The number of hydrogen-bond donors (Lipinski definition) is 3. The van der Waals surface area contributed by atoms with Gasteiger partial charge in [0.1, 0.15) is 0 Å². The highest BCUT2D eigenvalue weighted by molar-refractivity contribution is 7.90. The largest absolute Gasteiger partial charge is 0.337 e. The minimum atomic E-state index is -3.98. The van der Waals surface area contributed by atoms with Gasteiger partial charge in [0.25, 0.3) is 15.9 Å². The summed E-state index contributed by atoms with van der Waals surface area (Å²) in [4.78, 5) is 37.9. The van der Waals surface area contributed by atoms with Crippen molar-refractivity contribution in [3.8, 4) is 0 Å². The Balaban J connectivity index is 1.23. The van der Waals surface area contributed by atoms with E-state index in [0.29, 0.717) is 24.4 Å². The second kappa shape index (κ2) is 10.3. The van der Waals surface area contributed by atoms with Crippen LogP contribution >= 0.6 is 0 Å². The molecule has 1 aliphatic carbocycles. The normalized spacial score (nSPS) is 15.8. The molecule has 5 amide bonds. The molecule has 0 unspecified atom stereocenters. The molecule has 1 saturated carbocycles. The van der Waals surface area contributed by atoms with E-state index in [9.17, 15) is 22.8 Å². The highest BCUT2D eigenvalue weighted by Gasteiger charge is 2.31. The fourth-order valence-corrected chi connectivity index (χ4v) is 5.26. The number of carbonyl (C=O) groups is 3. The molecule has 1 aliphatic heterocycles. The molecule has 0 saturated heterocycles. The van der Waals surface area contributed by atoms with E-state index in [0.717, 1.165) is 36.8 Å². The minimum absolute atomic E-state index is 0.0169. The quantitative estimate of drug-likeness (QED) is 0.557. The molecule has 180 valence electrons. The van der Waals surface area contributed by atoms with Crippen molar-refractivity contribution in [2.75, 3.05) is 13.1 Å². The molecule has 10 heteroatoms. The lowest BCUT2D eigenvalue weighted by Crippen LogP contribution is -2.41. The molecule has 3 N–H and O–H groups in total. The third-order valence-corrected chi connectivity index (χ3v) is 7.59. The van der Waals surface area contributed by atoms with E-state index in [1.54, 1.807) is 24.3 Å². The second-order valence-corrected chi connectivity index (χ2v) is 10.3. The van der Waals surface area contributed by atoms with Crippen LogP contribution < -0.4 is 15.4 Å². The number of nitrogens with zero attached hydrogens (tertiary/aromatic N) is 1. The van der Waals surface area contributed by atoms with Gasteiger partial charge in [-0.15, -0.1) is 0 Å². The van der Waals surface area contributed by atoms with Crippen molar-refractivity contribution in [2.24, 2.45) is 5.92 Å². The van der Waals surface area contributed by atoms with E-state index >= 15 is 0 Å². The first kappa shape index (κ1) is 23.7. The van der Waals surface area contributed by atoms with Gasteiger partial charge in [0.15, 0.2) is 0 Å². The van der Waals surface area contributed by atoms with Crippen molar-refractivity contribution in [3.05, 3.63) is 65.2 Å². The SMILES string of the molecule is O=C(NCC1CCCC1)NS(=O)(=O)c1ccc(CCNC(=O)N2Cc3ccccc3C2=O)cc1. The lowest BCUT2D eigenvalue weighted by molar-refractivity contribution is 0.0821. The number of sulfonamides is 1. The van der Waals surface area contributed by atoms with Crippen LogP contribution in [0.5, 0.6) is 0 Å². The van der Waals surface area contributed by atoms with Crippen molar-refractivity contribution in [1.29, 1.82) is 0 Å². The summed E-state index contributed by atoms with van der Waals surface area (Å²) in [5, 5.41) is 5.36. The number of hydrogen-bond acceptors (Lipinski definition) is 5. The lowest BCUT2D eigenvalue weighted by Gasteiger charge is -2.15. The van der Waals surface area contributed by atoms with Gasteiger partial charge in [0.2, 0.25) is 0 Å². The van der Waals surface area contributed by atoms with Crippen LogP contribution in [0, 0.1) is 5.92 Å². The number of imide groups is 1. The number of amides is 5. The highest BCUT2D eigenvalue weighted by atomic mass is 32.2. The van der Waals surface area contributed by atoms with Gasteiger partial charge in [0.05, 0.1) is 11.4 Å². The van der Waals surface area contributed by atoms with Gasteiger partial charge in [-0.25, -0.2) is 22.7 Å². The fourth-order valence-electron chi connectivity index (χ4n) is 4.33. The number of fused-ring (bicyclic) bond motifs is 1. The molecule has 0 bridgehead atoms. The number of benzene rings is 2. The number of carbonyl (C=O) groups excluding carboxylic acids is 3. The molecular weight excluding hydrogens is 456 g/mol. The van der Waals surface area contributed by atoms with Crippen molar-refractivity contribution < 1.29 is 22.8 Å². The molecule has 2 aliphatic rings. The highest BCUT2D eigenvalue weighted by Crippen LogP contribution is 2.24. The van der Waals surface area contributed by atoms with Crippen LogP contribution in [0.25, 0.3) is 0 Å². The summed E-state index contributed by atoms with van der Waals surface area (Å²) in [6.07, 6.45) is 4.85. The van der Waals surface area contributed by atoms with E-state index in [1.807, 2.05) is 16.9 Å². The Kier molecular flexibility index (Phi) is 7.16. The standard InChI is InChI=1S/C24H28N4O5S/c29-22-21-8-4-3-7-19(21)16-28(22)24(31)25-14-13-17-9-11-20(12-10-17)34(32,33)27-23(30)26-15-18-5-1-2-6-18/h3-4,7-12,18H,1-2,5-6,13-16H2,(H,25,31)(H2,26,27,30). The monoisotopic (exact) mass is 484 g/mol. The zero-order valence-electron chi connectivity index (χ0n) is 18.7. The maximum atomic E-state index is 12.5. The van der Waals surface area contributed by atoms with Crippen molar-refractivity contribution in [1.82, 2.24) is 20.3 Å². The molecule has 0 aromatic heterocycles. The van der Waals surface area contributed by atoms with Crippen LogP contribution in [0.3, 0.4) is 0 Å². The van der Waals surface area contributed by atoms with E-state index in [4.69, 9.17) is 0 Å². The summed E-state index contributed by atoms with van der Waals surface area (Å²) in [6, 6.07) is 12.0. The molecule has 1 fully saturated rings. The van der Waals surface area contributed by atoms with E-state index in [1.165, 1.54) is 17.0 Å². The van der Waals surface area contributed by atoms with E-state index in [2.05, 4.69) is 10.6 Å². The first-order valence-corrected chi connectivity index (χ1v) is 12.9. The maximum absolute atomic E-state index is 12.5. The molecule has 0 spiro atoms. The predicted octanol–water partition coefficient (Wildman–Crippen LogP) is 2.77. The van der Waals surface area contributed by atoms with Gasteiger partial charge in [-0.3, -0.25) is 9.69 Å². The summed E-state index contributed by atoms with van der Waals surface area (Å²) in [5.74, 6) is 0.0922. The summed E-state index contributed by atoms with van der Waals surface area (Å²) in [7, 11) is -3.98. The number of urea groups is 2. The van der Waals surface area contributed by atoms with Gasteiger partial charge in [0, 0.05) is 18.7 Å². The first-order chi connectivity index (χ1) is 16.3. The summed E-state index contributed by atoms with van der Waals surface area (Å²) in [5.41, 5.74) is 2.16. The number of rotatable bonds is 7. The third-order valence-electron chi connectivity index (χ3n) is 6.24. The summed E-state index contributed by atoms with van der Waals surface area (Å²) in [6.45, 7) is 1.00. The van der Waals surface area contributed by atoms with Crippen LogP contribution in [0.15, 0.2) is 53.4 Å². The van der Waals surface area contributed by atoms with Crippen molar-refractivity contribution in [2.45, 2.75) is 43.5 Å². The molecule has 1 heterocycles. The molecule has 34 heavy (non-hydrogen) atoms. The van der Waals surface area contributed by atoms with Crippen LogP contribution in [0.1, 0.15) is 47.2 Å². The van der Waals surface area contributed by atoms with Gasteiger partial charge in [-0.05, 0) is 54.5 Å². The Morgan fingerprint density at radius 1 is 0.971 bits per heavy atom. The molecule has 9 nitrogen and oxygen atoms in total. The Labute approximate surface area is 199 Å². The zero-order valence-corrected chi connectivity index (χ0v) is 19.6.